The van der Waals surface area contributed by atoms with Gasteiger partial charge in [0.15, 0.2) is 5.78 Å². The first-order valence-electron chi connectivity index (χ1n) is 5.82. The fourth-order valence-corrected chi connectivity index (χ4v) is 2.20. The third-order valence-corrected chi connectivity index (χ3v) is 3.35. The van der Waals surface area contributed by atoms with Gasteiger partial charge in [-0.25, -0.2) is 0 Å². The van der Waals surface area contributed by atoms with E-state index in [0.29, 0.717) is 12.3 Å². The quantitative estimate of drug-likeness (QED) is 0.729. The smallest absolute Gasteiger partial charge is 0.156 e. The molecule has 0 bridgehead atoms. The van der Waals surface area contributed by atoms with Gasteiger partial charge in [-0.3, -0.25) is 4.79 Å². The predicted molar refractivity (Wildman–Crippen MR) is 66.1 cm³/mol. The van der Waals surface area contributed by atoms with Crippen LogP contribution in [0.2, 0.25) is 0 Å². The van der Waals surface area contributed by atoms with Crippen molar-refractivity contribution in [2.75, 3.05) is 0 Å². The molecule has 0 fully saturated rings. The van der Waals surface area contributed by atoms with Crippen molar-refractivity contribution in [2.24, 2.45) is 11.3 Å². The largest absolute Gasteiger partial charge is 0.381 e. The lowest BCUT2D eigenvalue weighted by Gasteiger charge is -2.44. The Morgan fingerprint density at radius 1 is 1.44 bits per heavy atom. The van der Waals surface area contributed by atoms with Gasteiger partial charge in [-0.1, -0.05) is 39.8 Å². The van der Waals surface area contributed by atoms with Crippen LogP contribution in [0.3, 0.4) is 0 Å². The van der Waals surface area contributed by atoms with Gasteiger partial charge in [0.1, 0.15) is 5.60 Å². The van der Waals surface area contributed by atoms with Crippen molar-refractivity contribution < 1.29 is 9.90 Å². The van der Waals surface area contributed by atoms with Crippen LogP contribution in [-0.4, -0.2) is 16.5 Å². The van der Waals surface area contributed by atoms with Crippen LogP contribution in [0.5, 0.6) is 0 Å². The lowest BCUT2D eigenvalue weighted by Crippen LogP contribution is -2.48. The summed E-state index contributed by atoms with van der Waals surface area (Å²) in [5.74, 6) is 0.496. The summed E-state index contributed by atoms with van der Waals surface area (Å²) < 4.78 is 0. The zero-order chi connectivity index (χ0) is 12.6. The Morgan fingerprint density at radius 2 is 2.00 bits per heavy atom. The van der Waals surface area contributed by atoms with E-state index < -0.39 is 11.0 Å². The van der Waals surface area contributed by atoms with Gasteiger partial charge in [0, 0.05) is 11.8 Å². The maximum atomic E-state index is 11.5. The fourth-order valence-electron chi connectivity index (χ4n) is 2.20. The molecule has 1 unspecified atom stereocenters. The van der Waals surface area contributed by atoms with Crippen molar-refractivity contribution in [3.05, 3.63) is 23.8 Å². The van der Waals surface area contributed by atoms with Gasteiger partial charge < -0.3 is 5.11 Å². The second kappa shape index (κ2) is 4.17. The van der Waals surface area contributed by atoms with Gasteiger partial charge in [0.25, 0.3) is 0 Å². The fraction of sp³-hybridized carbons (Fsp3) is 0.643. The molecule has 0 aromatic heterocycles. The minimum atomic E-state index is -0.995. The van der Waals surface area contributed by atoms with Gasteiger partial charge in [0.05, 0.1) is 0 Å². The molecule has 0 saturated carbocycles. The summed E-state index contributed by atoms with van der Waals surface area (Å²) >= 11 is 0. The third kappa shape index (κ3) is 2.27. The number of hydrogen-bond acceptors (Lipinski definition) is 2. The highest BCUT2D eigenvalue weighted by Crippen LogP contribution is 2.44. The number of aliphatic hydroxyl groups is 1. The maximum Gasteiger partial charge on any atom is 0.156 e. The van der Waals surface area contributed by atoms with E-state index in [1.807, 2.05) is 32.9 Å². The summed E-state index contributed by atoms with van der Waals surface area (Å²) in [6.45, 7) is 9.83. The lowest BCUT2D eigenvalue weighted by atomic mass is 9.64. The van der Waals surface area contributed by atoms with Crippen LogP contribution in [0, 0.1) is 11.3 Å². The Bertz CT molecular complexity index is 348. The van der Waals surface area contributed by atoms with Crippen LogP contribution < -0.4 is 0 Å². The summed E-state index contributed by atoms with van der Waals surface area (Å²) in [7, 11) is 0. The molecule has 0 radical (unpaired) electrons. The molecule has 0 heterocycles. The average Bonchev–Trinajstić information content (AvgIpc) is 2.10. The Kier molecular flexibility index (Phi) is 3.44. The molecule has 0 saturated heterocycles. The molecule has 1 atom stereocenters. The number of carbonyl (C=O) groups is 1. The molecular weight excluding hydrogens is 200 g/mol. The highest BCUT2D eigenvalue weighted by molar-refractivity contribution is 5.92. The van der Waals surface area contributed by atoms with Crippen LogP contribution >= 0.6 is 0 Å². The molecule has 90 valence electrons. The molecule has 1 aliphatic rings. The monoisotopic (exact) mass is 222 g/mol. The molecule has 2 heteroatoms. The SMILES string of the molecule is CC1=CC(=O)CC(C)(C)C1(O)C=CC(C)C. The number of hydrogen-bond donors (Lipinski definition) is 1. The summed E-state index contributed by atoms with van der Waals surface area (Å²) in [5, 5.41) is 10.7. The van der Waals surface area contributed by atoms with E-state index in [4.69, 9.17) is 0 Å². The number of carbonyl (C=O) groups excluding carboxylic acids is 1. The summed E-state index contributed by atoms with van der Waals surface area (Å²) in [6, 6.07) is 0. The second-order valence-electron chi connectivity index (χ2n) is 5.72. The lowest BCUT2D eigenvalue weighted by molar-refractivity contribution is -0.121. The van der Waals surface area contributed by atoms with Crippen molar-refractivity contribution >= 4 is 5.78 Å². The normalized spacial score (nSPS) is 29.9. The van der Waals surface area contributed by atoms with Crippen LogP contribution in [0.4, 0.5) is 0 Å². The summed E-state index contributed by atoms with van der Waals surface area (Å²) in [6.07, 6.45) is 5.80. The van der Waals surface area contributed by atoms with Gasteiger partial charge in [-0.15, -0.1) is 0 Å². The summed E-state index contributed by atoms with van der Waals surface area (Å²) in [4.78, 5) is 11.5. The standard InChI is InChI=1S/C14H22O2/c1-10(2)6-7-14(16)11(3)8-12(15)9-13(14,4)5/h6-8,10,16H,9H2,1-5H3. The van der Waals surface area contributed by atoms with Gasteiger partial charge >= 0.3 is 0 Å². The van der Waals surface area contributed by atoms with Crippen LogP contribution in [0.15, 0.2) is 23.8 Å². The first-order valence-corrected chi connectivity index (χ1v) is 5.82. The highest BCUT2D eigenvalue weighted by atomic mass is 16.3. The van der Waals surface area contributed by atoms with E-state index in [2.05, 4.69) is 13.8 Å². The molecule has 1 N–H and O–H groups in total. The van der Waals surface area contributed by atoms with E-state index >= 15 is 0 Å². The molecule has 0 amide bonds. The molecule has 0 aromatic rings. The van der Waals surface area contributed by atoms with Gasteiger partial charge in [-0.2, -0.15) is 0 Å². The van der Waals surface area contributed by atoms with Crippen LogP contribution in [0.1, 0.15) is 41.0 Å². The minimum Gasteiger partial charge on any atom is -0.381 e. The van der Waals surface area contributed by atoms with Crippen LogP contribution in [-0.2, 0) is 4.79 Å². The van der Waals surface area contributed by atoms with Crippen molar-refractivity contribution in [2.45, 2.75) is 46.6 Å². The molecule has 0 aromatic carbocycles. The molecule has 0 aliphatic heterocycles. The topological polar surface area (TPSA) is 37.3 Å². The molecular formula is C14H22O2. The van der Waals surface area contributed by atoms with Crippen LogP contribution in [0.25, 0.3) is 0 Å². The molecule has 1 aliphatic carbocycles. The van der Waals surface area contributed by atoms with E-state index in [-0.39, 0.29) is 5.78 Å². The van der Waals surface area contributed by atoms with E-state index in [9.17, 15) is 9.90 Å². The molecule has 2 nitrogen and oxygen atoms in total. The van der Waals surface area contributed by atoms with Crippen molar-refractivity contribution in [1.29, 1.82) is 0 Å². The molecule has 16 heavy (non-hydrogen) atoms. The van der Waals surface area contributed by atoms with E-state index in [1.54, 1.807) is 6.08 Å². The summed E-state index contributed by atoms with van der Waals surface area (Å²) in [5.41, 5.74) is -0.690. The Balaban J connectivity index is 3.16. The highest BCUT2D eigenvalue weighted by Gasteiger charge is 2.46. The maximum absolute atomic E-state index is 11.5. The number of rotatable bonds is 2. The third-order valence-electron chi connectivity index (χ3n) is 3.35. The number of ketones is 1. The van der Waals surface area contributed by atoms with Crippen molar-refractivity contribution in [3.63, 3.8) is 0 Å². The Morgan fingerprint density at radius 3 is 2.44 bits per heavy atom. The molecule has 0 spiro atoms. The van der Waals surface area contributed by atoms with E-state index in [0.717, 1.165) is 5.57 Å². The number of allylic oxidation sites excluding steroid dienone is 2. The first-order chi connectivity index (χ1) is 7.19. The zero-order valence-corrected chi connectivity index (χ0v) is 10.9. The minimum absolute atomic E-state index is 0.102. The second-order valence-corrected chi connectivity index (χ2v) is 5.72. The predicted octanol–water partition coefficient (Wildman–Crippen LogP) is 2.88. The molecule has 1 rings (SSSR count). The Hall–Kier alpha value is -0.890. The zero-order valence-electron chi connectivity index (χ0n) is 10.9. The van der Waals surface area contributed by atoms with Crippen molar-refractivity contribution in [3.8, 4) is 0 Å². The van der Waals surface area contributed by atoms with Gasteiger partial charge in [-0.05, 0) is 24.5 Å². The van der Waals surface area contributed by atoms with Crippen molar-refractivity contribution in [1.82, 2.24) is 0 Å². The Labute approximate surface area is 98.1 Å². The first kappa shape index (κ1) is 13.2. The van der Waals surface area contributed by atoms with Gasteiger partial charge in [0.2, 0.25) is 0 Å². The average molecular weight is 222 g/mol. The van der Waals surface area contributed by atoms with E-state index in [1.165, 1.54) is 0 Å².